The van der Waals surface area contributed by atoms with E-state index >= 15 is 0 Å². The van der Waals surface area contributed by atoms with Crippen LogP contribution in [0, 0.1) is 5.92 Å². The highest BCUT2D eigenvalue weighted by molar-refractivity contribution is 5.57. The fraction of sp³-hybridized carbons (Fsp3) is 0.700. The molecule has 2 heterocycles. The zero-order valence-electron chi connectivity index (χ0n) is 14.8. The molecule has 128 valence electrons. The molecule has 3 rings (SSSR count). The Morgan fingerprint density at radius 1 is 1.09 bits per heavy atom. The molecule has 0 amide bonds. The molecular formula is C20H32N2O. The van der Waals surface area contributed by atoms with Crippen LogP contribution in [0.25, 0.3) is 0 Å². The van der Waals surface area contributed by atoms with Crippen LogP contribution in [-0.2, 0) is 6.42 Å². The molecule has 0 saturated carbocycles. The van der Waals surface area contributed by atoms with E-state index in [1.54, 1.807) is 0 Å². The molecule has 1 aromatic carbocycles. The number of hydrogen-bond donors (Lipinski definition) is 1. The first-order valence-electron chi connectivity index (χ1n) is 9.41. The molecule has 2 aliphatic heterocycles. The molecule has 1 N–H and O–H groups in total. The van der Waals surface area contributed by atoms with Gasteiger partial charge in [-0.2, -0.15) is 0 Å². The van der Waals surface area contributed by atoms with E-state index < -0.39 is 0 Å². The van der Waals surface area contributed by atoms with E-state index in [-0.39, 0.29) is 6.10 Å². The van der Waals surface area contributed by atoms with E-state index in [9.17, 15) is 5.11 Å². The predicted molar refractivity (Wildman–Crippen MR) is 97.1 cm³/mol. The maximum Gasteiger partial charge on any atom is 0.0802 e. The summed E-state index contributed by atoms with van der Waals surface area (Å²) in [6, 6.07) is 6.65. The number of nitrogens with zero attached hydrogens (tertiary/aromatic N) is 2. The van der Waals surface area contributed by atoms with Crippen molar-refractivity contribution in [1.29, 1.82) is 0 Å². The van der Waals surface area contributed by atoms with E-state index in [1.165, 1.54) is 50.1 Å². The van der Waals surface area contributed by atoms with Gasteiger partial charge in [0, 0.05) is 25.3 Å². The maximum atomic E-state index is 10.6. The normalized spacial score (nSPS) is 20.1. The molecule has 23 heavy (non-hydrogen) atoms. The van der Waals surface area contributed by atoms with Crippen LogP contribution in [0.2, 0.25) is 0 Å². The van der Waals surface area contributed by atoms with Crippen LogP contribution in [0.1, 0.15) is 56.8 Å². The van der Waals surface area contributed by atoms with E-state index in [1.807, 2.05) is 0 Å². The number of fused-ring (bicyclic) bond motifs is 1. The lowest BCUT2D eigenvalue weighted by Crippen LogP contribution is -2.32. The predicted octanol–water partition coefficient (Wildman–Crippen LogP) is 3.61. The van der Waals surface area contributed by atoms with E-state index in [0.717, 1.165) is 31.5 Å². The number of aliphatic hydroxyl groups is 1. The minimum atomic E-state index is -0.318. The summed E-state index contributed by atoms with van der Waals surface area (Å²) in [5.41, 5.74) is 3.92. The van der Waals surface area contributed by atoms with E-state index in [0.29, 0.717) is 5.92 Å². The Hall–Kier alpha value is -1.06. The Morgan fingerprint density at radius 3 is 2.61 bits per heavy atom. The second-order valence-corrected chi connectivity index (χ2v) is 7.68. The van der Waals surface area contributed by atoms with Crippen LogP contribution in [0.4, 0.5) is 5.69 Å². The Balaban J connectivity index is 1.64. The van der Waals surface area contributed by atoms with Gasteiger partial charge < -0.3 is 14.9 Å². The number of hydrogen-bond acceptors (Lipinski definition) is 3. The highest BCUT2D eigenvalue weighted by Gasteiger charge is 2.20. The average Bonchev–Trinajstić information content (AvgIpc) is 3.05. The lowest BCUT2D eigenvalue weighted by atomic mass is 9.95. The molecule has 0 aliphatic carbocycles. The summed E-state index contributed by atoms with van der Waals surface area (Å²) >= 11 is 0. The van der Waals surface area contributed by atoms with Crippen LogP contribution >= 0.6 is 0 Å². The number of aliphatic hydroxyl groups excluding tert-OH is 1. The molecule has 3 nitrogen and oxygen atoms in total. The second-order valence-electron chi connectivity index (χ2n) is 7.68. The molecule has 1 atom stereocenters. The highest BCUT2D eigenvalue weighted by atomic mass is 16.3. The van der Waals surface area contributed by atoms with Gasteiger partial charge in [0.25, 0.3) is 0 Å². The standard InChI is InChI=1S/C20H32N2O/c1-16(2)15-22-12-5-6-17-14-18(7-8-19(17)22)20(23)9-13-21-10-3-4-11-21/h7-8,14,16,20,23H,3-6,9-13,15H2,1-2H3. The molecule has 0 radical (unpaired) electrons. The zero-order chi connectivity index (χ0) is 16.2. The van der Waals surface area contributed by atoms with Gasteiger partial charge in [0.1, 0.15) is 0 Å². The fourth-order valence-corrected chi connectivity index (χ4v) is 4.01. The minimum absolute atomic E-state index is 0.318. The second kappa shape index (κ2) is 7.67. The third-order valence-electron chi connectivity index (χ3n) is 5.21. The van der Waals surface area contributed by atoms with Gasteiger partial charge >= 0.3 is 0 Å². The number of benzene rings is 1. The van der Waals surface area contributed by atoms with Crippen molar-refractivity contribution in [3.8, 4) is 0 Å². The largest absolute Gasteiger partial charge is 0.388 e. The van der Waals surface area contributed by atoms with Crippen LogP contribution in [0.15, 0.2) is 18.2 Å². The summed E-state index contributed by atoms with van der Waals surface area (Å²) in [6.07, 6.45) is 5.56. The minimum Gasteiger partial charge on any atom is -0.388 e. The lowest BCUT2D eigenvalue weighted by molar-refractivity contribution is 0.149. The third-order valence-corrected chi connectivity index (χ3v) is 5.21. The van der Waals surface area contributed by atoms with Gasteiger partial charge in [0.15, 0.2) is 0 Å². The van der Waals surface area contributed by atoms with Crippen LogP contribution in [0.5, 0.6) is 0 Å². The first-order valence-corrected chi connectivity index (χ1v) is 9.41. The van der Waals surface area contributed by atoms with Crippen molar-refractivity contribution in [2.24, 2.45) is 5.92 Å². The summed E-state index contributed by atoms with van der Waals surface area (Å²) < 4.78 is 0. The van der Waals surface area contributed by atoms with Crippen molar-refractivity contribution in [3.63, 3.8) is 0 Å². The van der Waals surface area contributed by atoms with Crippen molar-refractivity contribution in [1.82, 2.24) is 4.90 Å². The summed E-state index contributed by atoms with van der Waals surface area (Å²) in [4.78, 5) is 5.00. The molecule has 1 aromatic rings. The van der Waals surface area contributed by atoms with Gasteiger partial charge in [-0.1, -0.05) is 26.0 Å². The molecular weight excluding hydrogens is 284 g/mol. The van der Waals surface area contributed by atoms with E-state index in [4.69, 9.17) is 0 Å². The van der Waals surface area contributed by atoms with E-state index in [2.05, 4.69) is 41.8 Å². The van der Waals surface area contributed by atoms with Gasteiger partial charge in [0.05, 0.1) is 6.10 Å². The monoisotopic (exact) mass is 316 g/mol. The van der Waals surface area contributed by atoms with Gasteiger partial charge in [0.2, 0.25) is 0 Å². The maximum absolute atomic E-state index is 10.6. The summed E-state index contributed by atoms with van der Waals surface area (Å²) in [5.74, 6) is 0.687. The molecule has 1 saturated heterocycles. The van der Waals surface area contributed by atoms with Crippen molar-refractivity contribution in [2.75, 3.05) is 37.6 Å². The summed E-state index contributed by atoms with van der Waals surface area (Å²) in [6.45, 7) is 10.3. The number of anilines is 1. The molecule has 3 heteroatoms. The van der Waals surface area contributed by atoms with Crippen LogP contribution in [-0.4, -0.2) is 42.7 Å². The SMILES string of the molecule is CC(C)CN1CCCc2cc(C(O)CCN3CCCC3)ccc21. The van der Waals surface area contributed by atoms with Crippen molar-refractivity contribution in [3.05, 3.63) is 29.3 Å². The molecule has 0 spiro atoms. The van der Waals surface area contributed by atoms with Gasteiger partial charge in [-0.05, 0) is 68.3 Å². The lowest BCUT2D eigenvalue weighted by Gasteiger charge is -2.33. The smallest absolute Gasteiger partial charge is 0.0802 e. The zero-order valence-corrected chi connectivity index (χ0v) is 14.8. The Labute approximate surface area is 141 Å². The molecule has 2 aliphatic rings. The number of likely N-dealkylation sites (tertiary alicyclic amines) is 1. The number of rotatable bonds is 6. The number of aryl methyl sites for hydroxylation is 1. The van der Waals surface area contributed by atoms with Gasteiger partial charge in [-0.3, -0.25) is 0 Å². The Morgan fingerprint density at radius 2 is 1.87 bits per heavy atom. The Bertz CT molecular complexity index is 508. The topological polar surface area (TPSA) is 26.7 Å². The molecule has 1 fully saturated rings. The summed E-state index contributed by atoms with van der Waals surface area (Å²) in [5, 5.41) is 10.6. The van der Waals surface area contributed by atoms with Crippen LogP contribution < -0.4 is 4.90 Å². The summed E-state index contributed by atoms with van der Waals surface area (Å²) in [7, 11) is 0. The van der Waals surface area contributed by atoms with Crippen molar-refractivity contribution in [2.45, 2.75) is 52.1 Å². The Kier molecular flexibility index (Phi) is 5.60. The van der Waals surface area contributed by atoms with Gasteiger partial charge in [-0.15, -0.1) is 0 Å². The fourth-order valence-electron chi connectivity index (χ4n) is 4.01. The molecule has 0 bridgehead atoms. The highest BCUT2D eigenvalue weighted by Crippen LogP contribution is 2.31. The quantitative estimate of drug-likeness (QED) is 0.868. The van der Waals surface area contributed by atoms with Gasteiger partial charge in [-0.25, -0.2) is 0 Å². The third kappa shape index (κ3) is 4.27. The molecule has 1 unspecified atom stereocenters. The average molecular weight is 316 g/mol. The van der Waals surface area contributed by atoms with Crippen molar-refractivity contribution < 1.29 is 5.11 Å². The first-order chi connectivity index (χ1) is 11.1. The van der Waals surface area contributed by atoms with Crippen LogP contribution in [0.3, 0.4) is 0 Å². The molecule has 0 aromatic heterocycles. The first kappa shape index (κ1) is 16.8. The van der Waals surface area contributed by atoms with Crippen molar-refractivity contribution >= 4 is 5.69 Å².